The summed E-state index contributed by atoms with van der Waals surface area (Å²) >= 11 is 12.0. The van der Waals surface area contributed by atoms with Crippen LogP contribution in [-0.2, 0) is 30.8 Å². The van der Waals surface area contributed by atoms with Crippen molar-refractivity contribution in [1.29, 1.82) is 0 Å². The van der Waals surface area contributed by atoms with E-state index in [1.807, 2.05) is 0 Å². The van der Waals surface area contributed by atoms with Crippen LogP contribution in [0.1, 0.15) is 12.0 Å². The lowest BCUT2D eigenvalue weighted by Crippen LogP contribution is -2.37. The maximum absolute atomic E-state index is 12.3. The molecule has 1 aliphatic heterocycles. The average Bonchev–Trinajstić information content (AvgIpc) is 3.03. The summed E-state index contributed by atoms with van der Waals surface area (Å²) in [6.45, 7) is 0.188. The van der Waals surface area contributed by atoms with Crippen LogP contribution in [-0.4, -0.2) is 32.9 Å². The van der Waals surface area contributed by atoms with E-state index in [1.165, 1.54) is 24.3 Å². The molecule has 0 aliphatic carbocycles. The quantitative estimate of drug-likeness (QED) is 0.669. The molecule has 7 nitrogen and oxygen atoms in total. The second kappa shape index (κ2) is 8.48. The Labute approximate surface area is 172 Å². The number of hydrogen-bond acceptors (Lipinski definition) is 5. The van der Waals surface area contributed by atoms with Gasteiger partial charge in [0.1, 0.15) is 6.04 Å². The molecule has 28 heavy (non-hydrogen) atoms. The van der Waals surface area contributed by atoms with Crippen LogP contribution in [0.2, 0.25) is 10.0 Å². The Morgan fingerprint density at radius 2 is 1.86 bits per heavy atom. The standard InChI is InChI=1S/C18H16Cl2N2O5S/c19-14-3-1-2-11(17(14)20)10-16(23)21-12-4-6-13(7-5-12)28(25,26)22-15-8-9-27-18(15)24/h1-7,15,22H,8-10H2,(H,21,23). The Balaban J connectivity index is 1.64. The van der Waals surface area contributed by atoms with E-state index in [9.17, 15) is 18.0 Å². The first-order chi connectivity index (χ1) is 13.3. The minimum atomic E-state index is -3.88. The van der Waals surface area contributed by atoms with Gasteiger partial charge in [-0.3, -0.25) is 9.59 Å². The normalized spacial score (nSPS) is 16.6. The molecule has 0 bridgehead atoms. The molecule has 0 aromatic heterocycles. The number of cyclic esters (lactones) is 1. The molecule has 1 heterocycles. The molecule has 1 atom stereocenters. The Morgan fingerprint density at radius 3 is 2.50 bits per heavy atom. The van der Waals surface area contributed by atoms with Gasteiger partial charge in [-0.15, -0.1) is 0 Å². The summed E-state index contributed by atoms with van der Waals surface area (Å²) in [5.74, 6) is -0.918. The van der Waals surface area contributed by atoms with Gasteiger partial charge in [-0.05, 0) is 35.9 Å². The van der Waals surface area contributed by atoms with Crippen molar-refractivity contribution in [2.24, 2.45) is 0 Å². The van der Waals surface area contributed by atoms with Crippen molar-refractivity contribution in [2.75, 3.05) is 11.9 Å². The molecule has 0 saturated carbocycles. The number of nitrogens with one attached hydrogen (secondary N) is 2. The topological polar surface area (TPSA) is 102 Å². The molecule has 1 saturated heterocycles. The maximum atomic E-state index is 12.3. The molecular weight excluding hydrogens is 427 g/mol. The first-order valence-corrected chi connectivity index (χ1v) is 10.5. The van der Waals surface area contributed by atoms with E-state index in [-0.39, 0.29) is 30.3 Å². The molecule has 2 N–H and O–H groups in total. The highest BCUT2D eigenvalue weighted by atomic mass is 35.5. The molecule has 148 valence electrons. The number of anilines is 1. The zero-order valence-electron chi connectivity index (χ0n) is 14.4. The van der Waals surface area contributed by atoms with Gasteiger partial charge in [-0.1, -0.05) is 35.3 Å². The maximum Gasteiger partial charge on any atom is 0.324 e. The highest BCUT2D eigenvalue weighted by Gasteiger charge is 2.31. The molecule has 0 spiro atoms. The van der Waals surface area contributed by atoms with Crippen molar-refractivity contribution in [2.45, 2.75) is 23.8 Å². The fourth-order valence-corrected chi connectivity index (χ4v) is 4.24. The molecule has 2 aromatic rings. The first kappa shape index (κ1) is 20.6. The molecular formula is C18H16Cl2N2O5S. The minimum Gasteiger partial charge on any atom is -0.464 e. The van der Waals surface area contributed by atoms with Gasteiger partial charge in [0.05, 0.1) is 28.0 Å². The molecule has 2 aromatic carbocycles. The van der Waals surface area contributed by atoms with Gasteiger partial charge in [0.15, 0.2) is 0 Å². The SMILES string of the molecule is O=C(Cc1cccc(Cl)c1Cl)Nc1ccc(S(=O)(=O)NC2CCOC2=O)cc1. The third-order valence-corrected chi connectivity index (χ3v) is 6.41. The van der Waals surface area contributed by atoms with Gasteiger partial charge in [0, 0.05) is 12.1 Å². The number of amides is 1. The summed E-state index contributed by atoms with van der Waals surface area (Å²) in [4.78, 5) is 23.6. The number of carbonyl (C=O) groups is 2. The molecule has 0 radical (unpaired) electrons. The Morgan fingerprint density at radius 1 is 1.14 bits per heavy atom. The van der Waals surface area contributed by atoms with Gasteiger partial charge in [-0.2, -0.15) is 4.72 Å². The molecule has 1 unspecified atom stereocenters. The Hall–Kier alpha value is -2.13. The van der Waals surface area contributed by atoms with Crippen LogP contribution in [0.15, 0.2) is 47.4 Å². The largest absolute Gasteiger partial charge is 0.464 e. The van der Waals surface area contributed by atoms with Crippen molar-refractivity contribution in [3.8, 4) is 0 Å². The van der Waals surface area contributed by atoms with Crippen molar-refractivity contribution in [3.63, 3.8) is 0 Å². The average molecular weight is 443 g/mol. The Bertz CT molecular complexity index is 1010. The number of hydrogen-bond donors (Lipinski definition) is 2. The molecule has 1 aliphatic rings. The van der Waals surface area contributed by atoms with E-state index < -0.39 is 22.0 Å². The number of esters is 1. The summed E-state index contributed by atoms with van der Waals surface area (Å²) in [5.41, 5.74) is 1.00. The number of sulfonamides is 1. The van der Waals surface area contributed by atoms with Gasteiger partial charge in [0.2, 0.25) is 15.9 Å². The van der Waals surface area contributed by atoms with Crippen LogP contribution in [0, 0.1) is 0 Å². The number of ether oxygens (including phenoxy) is 1. The predicted octanol–water partition coefficient (Wildman–Crippen LogP) is 2.77. The summed E-state index contributed by atoms with van der Waals surface area (Å²) in [6.07, 6.45) is 0.309. The molecule has 10 heteroatoms. The zero-order valence-corrected chi connectivity index (χ0v) is 16.8. The monoisotopic (exact) mass is 442 g/mol. The fraction of sp³-hybridized carbons (Fsp3) is 0.222. The fourth-order valence-electron chi connectivity index (χ4n) is 2.64. The van der Waals surface area contributed by atoms with E-state index in [0.29, 0.717) is 21.3 Å². The van der Waals surface area contributed by atoms with Crippen molar-refractivity contribution in [1.82, 2.24) is 4.72 Å². The van der Waals surface area contributed by atoms with Gasteiger partial charge in [0.25, 0.3) is 0 Å². The molecule has 1 amide bonds. The van der Waals surface area contributed by atoms with Gasteiger partial charge in [-0.25, -0.2) is 8.42 Å². The van der Waals surface area contributed by atoms with Gasteiger partial charge >= 0.3 is 5.97 Å². The van der Waals surface area contributed by atoms with Crippen molar-refractivity contribution >= 4 is 50.8 Å². The number of halogens is 2. The lowest BCUT2D eigenvalue weighted by Gasteiger charge is -2.11. The van der Waals surface area contributed by atoms with E-state index >= 15 is 0 Å². The van der Waals surface area contributed by atoms with Crippen LogP contribution in [0.3, 0.4) is 0 Å². The third-order valence-electron chi connectivity index (χ3n) is 4.06. The highest BCUT2D eigenvalue weighted by Crippen LogP contribution is 2.26. The predicted molar refractivity (Wildman–Crippen MR) is 105 cm³/mol. The highest BCUT2D eigenvalue weighted by molar-refractivity contribution is 7.89. The van der Waals surface area contributed by atoms with E-state index in [0.717, 1.165) is 0 Å². The van der Waals surface area contributed by atoms with Crippen LogP contribution in [0.25, 0.3) is 0 Å². The van der Waals surface area contributed by atoms with Crippen LogP contribution in [0.4, 0.5) is 5.69 Å². The smallest absolute Gasteiger partial charge is 0.324 e. The number of rotatable bonds is 6. The summed E-state index contributed by atoms with van der Waals surface area (Å²) in [7, 11) is -3.88. The summed E-state index contributed by atoms with van der Waals surface area (Å²) < 4.78 is 31.7. The summed E-state index contributed by atoms with van der Waals surface area (Å²) in [6, 6.07) is 9.73. The van der Waals surface area contributed by atoms with E-state index in [2.05, 4.69) is 10.0 Å². The summed E-state index contributed by atoms with van der Waals surface area (Å²) in [5, 5.41) is 3.34. The van der Waals surface area contributed by atoms with Crippen LogP contribution < -0.4 is 10.0 Å². The van der Waals surface area contributed by atoms with Crippen LogP contribution >= 0.6 is 23.2 Å². The van der Waals surface area contributed by atoms with Gasteiger partial charge < -0.3 is 10.1 Å². The third kappa shape index (κ3) is 4.82. The molecule has 3 rings (SSSR count). The molecule has 1 fully saturated rings. The number of carbonyl (C=O) groups excluding carboxylic acids is 2. The second-order valence-corrected chi connectivity index (χ2v) is 8.59. The first-order valence-electron chi connectivity index (χ1n) is 8.28. The van der Waals surface area contributed by atoms with E-state index in [4.69, 9.17) is 27.9 Å². The number of benzene rings is 2. The van der Waals surface area contributed by atoms with Crippen molar-refractivity contribution < 1.29 is 22.7 Å². The lowest BCUT2D eigenvalue weighted by molar-refractivity contribution is -0.139. The second-order valence-electron chi connectivity index (χ2n) is 6.09. The lowest BCUT2D eigenvalue weighted by atomic mass is 10.1. The van der Waals surface area contributed by atoms with Crippen LogP contribution in [0.5, 0.6) is 0 Å². The minimum absolute atomic E-state index is 0.0186. The zero-order chi connectivity index (χ0) is 20.3. The van der Waals surface area contributed by atoms with Crippen molar-refractivity contribution in [3.05, 3.63) is 58.1 Å². The van der Waals surface area contributed by atoms with E-state index in [1.54, 1.807) is 18.2 Å². The Kier molecular flexibility index (Phi) is 6.24.